The van der Waals surface area contributed by atoms with Gasteiger partial charge in [0, 0.05) is 12.1 Å². The molecule has 2 unspecified atom stereocenters. The Bertz CT molecular complexity index is 221. The second-order valence-electron chi connectivity index (χ2n) is 6.64. The number of fused-ring (bicyclic) bond motifs is 3. The number of hydrogen-bond donors (Lipinski definition) is 0. The van der Waals surface area contributed by atoms with Crippen LogP contribution in [-0.4, -0.2) is 49.1 Å². The van der Waals surface area contributed by atoms with Crippen molar-refractivity contribution < 1.29 is 0 Å². The molecule has 0 N–H and O–H groups in total. The summed E-state index contributed by atoms with van der Waals surface area (Å²) in [7, 11) is 4.51. The monoisotopic (exact) mass is 210 g/mol. The molecule has 3 aliphatic rings. The first kappa shape index (κ1) is 11.4. The number of nitrogens with zero attached hydrogens (tertiary/aromatic N) is 2. The van der Waals surface area contributed by atoms with Gasteiger partial charge in [-0.25, -0.2) is 0 Å². The van der Waals surface area contributed by atoms with E-state index in [4.69, 9.17) is 0 Å². The molecule has 0 saturated carbocycles. The first-order chi connectivity index (χ1) is 6.91. The van der Waals surface area contributed by atoms with Crippen LogP contribution >= 0.6 is 0 Å². The highest BCUT2D eigenvalue weighted by atomic mass is 15.3. The van der Waals surface area contributed by atoms with Crippen molar-refractivity contribution in [3.63, 3.8) is 0 Å². The summed E-state index contributed by atoms with van der Waals surface area (Å²) in [4.78, 5) is 5.19. The maximum atomic E-state index is 2.73. The zero-order chi connectivity index (χ0) is 11.2. The van der Waals surface area contributed by atoms with E-state index in [1.807, 2.05) is 0 Å². The molecular formula is C13H26N2. The molecule has 0 spiro atoms. The predicted octanol–water partition coefficient (Wildman–Crippen LogP) is 2.06. The van der Waals surface area contributed by atoms with Crippen LogP contribution in [0.3, 0.4) is 0 Å². The molecule has 0 amide bonds. The molecule has 3 aliphatic heterocycles. The minimum Gasteiger partial charge on any atom is -0.305 e. The average molecular weight is 210 g/mol. The molecule has 0 aliphatic carbocycles. The molecule has 0 aromatic heterocycles. The fourth-order valence-electron chi connectivity index (χ4n) is 3.78. The standard InChI is InChI=1S/C13H26N2/c1-13(2,3)12-11(14(4)5)10-6-8-15(12)9-7-10/h10-12H,6-9H2,1-5H3. The molecule has 2 bridgehead atoms. The molecule has 15 heavy (non-hydrogen) atoms. The van der Waals surface area contributed by atoms with Crippen LogP contribution in [0.2, 0.25) is 0 Å². The molecule has 0 aromatic rings. The van der Waals surface area contributed by atoms with Crippen molar-refractivity contribution in [3.05, 3.63) is 0 Å². The van der Waals surface area contributed by atoms with Gasteiger partial charge < -0.3 is 4.90 Å². The van der Waals surface area contributed by atoms with E-state index in [0.29, 0.717) is 5.41 Å². The highest BCUT2D eigenvalue weighted by Crippen LogP contribution is 2.41. The summed E-state index contributed by atoms with van der Waals surface area (Å²) >= 11 is 0. The van der Waals surface area contributed by atoms with E-state index < -0.39 is 0 Å². The van der Waals surface area contributed by atoms with Gasteiger partial charge in [-0.1, -0.05) is 20.8 Å². The quantitative estimate of drug-likeness (QED) is 0.653. The van der Waals surface area contributed by atoms with Gasteiger partial charge in [-0.2, -0.15) is 0 Å². The van der Waals surface area contributed by atoms with Crippen molar-refractivity contribution in [2.75, 3.05) is 27.2 Å². The molecule has 2 heteroatoms. The van der Waals surface area contributed by atoms with Crippen LogP contribution in [0.1, 0.15) is 33.6 Å². The van der Waals surface area contributed by atoms with Crippen LogP contribution in [-0.2, 0) is 0 Å². The maximum Gasteiger partial charge on any atom is 0.0302 e. The van der Waals surface area contributed by atoms with Crippen molar-refractivity contribution in [2.24, 2.45) is 11.3 Å². The van der Waals surface area contributed by atoms with Crippen LogP contribution in [0, 0.1) is 11.3 Å². The van der Waals surface area contributed by atoms with Gasteiger partial charge in [0.1, 0.15) is 0 Å². The third-order valence-corrected chi connectivity index (χ3v) is 4.26. The van der Waals surface area contributed by atoms with Crippen molar-refractivity contribution in [1.82, 2.24) is 9.80 Å². The van der Waals surface area contributed by atoms with Gasteiger partial charge in [0.25, 0.3) is 0 Å². The molecule has 3 rings (SSSR count). The van der Waals surface area contributed by atoms with E-state index in [1.165, 1.54) is 25.9 Å². The second-order valence-corrected chi connectivity index (χ2v) is 6.64. The van der Waals surface area contributed by atoms with Crippen LogP contribution in [0.25, 0.3) is 0 Å². The van der Waals surface area contributed by atoms with Gasteiger partial charge in [-0.15, -0.1) is 0 Å². The summed E-state index contributed by atoms with van der Waals surface area (Å²) < 4.78 is 0. The summed E-state index contributed by atoms with van der Waals surface area (Å²) in [5.74, 6) is 0.939. The first-order valence-corrected chi connectivity index (χ1v) is 6.32. The van der Waals surface area contributed by atoms with Gasteiger partial charge in [0.2, 0.25) is 0 Å². The van der Waals surface area contributed by atoms with Crippen molar-refractivity contribution in [2.45, 2.75) is 45.7 Å². The summed E-state index contributed by atoms with van der Waals surface area (Å²) in [6.07, 6.45) is 2.82. The molecule has 3 fully saturated rings. The SMILES string of the molecule is CN(C)C1C2CCN(CC2)C1C(C)(C)C. The van der Waals surface area contributed by atoms with Gasteiger partial charge >= 0.3 is 0 Å². The lowest BCUT2D eigenvalue weighted by Crippen LogP contribution is -2.66. The first-order valence-electron chi connectivity index (χ1n) is 6.32. The fraction of sp³-hybridized carbons (Fsp3) is 1.00. The average Bonchev–Trinajstić information content (AvgIpc) is 2.16. The molecule has 88 valence electrons. The number of hydrogen-bond acceptors (Lipinski definition) is 2. The maximum absolute atomic E-state index is 2.73. The second kappa shape index (κ2) is 3.74. The highest BCUT2D eigenvalue weighted by Gasteiger charge is 2.47. The zero-order valence-electron chi connectivity index (χ0n) is 11.0. The van der Waals surface area contributed by atoms with E-state index in [0.717, 1.165) is 18.0 Å². The minimum atomic E-state index is 0.411. The van der Waals surface area contributed by atoms with Crippen LogP contribution in [0.15, 0.2) is 0 Å². The summed E-state index contributed by atoms with van der Waals surface area (Å²) in [5.41, 5.74) is 0.411. The normalized spacial score (nSPS) is 41.2. The fourth-order valence-corrected chi connectivity index (χ4v) is 3.78. The summed E-state index contributed by atoms with van der Waals surface area (Å²) in [5, 5.41) is 0. The molecule has 0 aromatic carbocycles. The van der Waals surface area contributed by atoms with E-state index in [1.54, 1.807) is 0 Å². The van der Waals surface area contributed by atoms with E-state index in [-0.39, 0.29) is 0 Å². The Balaban J connectivity index is 2.25. The van der Waals surface area contributed by atoms with E-state index >= 15 is 0 Å². The Morgan fingerprint density at radius 3 is 1.93 bits per heavy atom. The smallest absolute Gasteiger partial charge is 0.0302 e. The lowest BCUT2D eigenvalue weighted by Gasteiger charge is -2.57. The third kappa shape index (κ3) is 1.94. The van der Waals surface area contributed by atoms with Crippen molar-refractivity contribution in [1.29, 1.82) is 0 Å². The molecule has 2 nitrogen and oxygen atoms in total. The van der Waals surface area contributed by atoms with Gasteiger partial charge in [0.15, 0.2) is 0 Å². The Morgan fingerprint density at radius 1 is 1.07 bits per heavy atom. The van der Waals surface area contributed by atoms with E-state index in [2.05, 4.69) is 44.7 Å². The summed E-state index contributed by atoms with van der Waals surface area (Å²) in [6.45, 7) is 9.85. The molecule has 3 heterocycles. The Hall–Kier alpha value is -0.0800. The lowest BCUT2D eigenvalue weighted by atomic mass is 9.69. The van der Waals surface area contributed by atoms with Crippen LogP contribution < -0.4 is 0 Å². The summed E-state index contributed by atoms with van der Waals surface area (Å²) in [6, 6.07) is 1.52. The number of likely N-dealkylation sites (N-methyl/N-ethyl adjacent to an activating group) is 1. The largest absolute Gasteiger partial charge is 0.305 e. The van der Waals surface area contributed by atoms with E-state index in [9.17, 15) is 0 Å². The van der Waals surface area contributed by atoms with Crippen molar-refractivity contribution >= 4 is 0 Å². The van der Waals surface area contributed by atoms with Crippen LogP contribution in [0.5, 0.6) is 0 Å². The highest BCUT2D eigenvalue weighted by molar-refractivity contribution is 5.03. The topological polar surface area (TPSA) is 6.48 Å². The van der Waals surface area contributed by atoms with Crippen molar-refractivity contribution in [3.8, 4) is 0 Å². The third-order valence-electron chi connectivity index (χ3n) is 4.26. The van der Waals surface area contributed by atoms with Gasteiger partial charge in [0.05, 0.1) is 0 Å². The Morgan fingerprint density at radius 2 is 1.60 bits per heavy atom. The zero-order valence-corrected chi connectivity index (χ0v) is 11.0. The lowest BCUT2D eigenvalue weighted by molar-refractivity contribution is -0.0712. The predicted molar refractivity (Wildman–Crippen MR) is 65.0 cm³/mol. The number of piperidine rings is 3. The van der Waals surface area contributed by atoms with Gasteiger partial charge in [-0.3, -0.25) is 4.90 Å². The Kier molecular flexibility index (Phi) is 2.85. The minimum absolute atomic E-state index is 0.411. The molecular weight excluding hydrogens is 184 g/mol. The molecule has 3 saturated heterocycles. The molecule has 2 atom stereocenters. The number of rotatable bonds is 1. The van der Waals surface area contributed by atoms with Crippen LogP contribution in [0.4, 0.5) is 0 Å². The molecule has 0 radical (unpaired) electrons. The Labute approximate surface area is 94.6 Å². The van der Waals surface area contributed by atoms with Gasteiger partial charge in [-0.05, 0) is 51.4 Å².